The minimum Gasteiger partial charge on any atom is -0.364 e. The van der Waals surface area contributed by atoms with Crippen molar-refractivity contribution in [1.82, 2.24) is 4.98 Å². The van der Waals surface area contributed by atoms with Gasteiger partial charge in [-0.15, -0.1) is 0 Å². The monoisotopic (exact) mass is 266 g/mol. The van der Waals surface area contributed by atoms with E-state index < -0.39 is 4.92 Å². The SMILES string of the molecule is CSCCCCNc1nccc(C#N)c1[N+](=O)[O-]. The highest BCUT2D eigenvalue weighted by atomic mass is 32.2. The molecule has 18 heavy (non-hydrogen) atoms. The van der Waals surface area contributed by atoms with Crippen molar-refractivity contribution in [3.8, 4) is 6.07 Å². The summed E-state index contributed by atoms with van der Waals surface area (Å²) in [7, 11) is 0. The Morgan fingerprint density at radius 1 is 1.61 bits per heavy atom. The largest absolute Gasteiger partial charge is 0.364 e. The molecule has 0 radical (unpaired) electrons. The first-order valence-corrected chi connectivity index (χ1v) is 6.86. The molecule has 7 heteroatoms. The number of rotatable bonds is 7. The van der Waals surface area contributed by atoms with Gasteiger partial charge in [0, 0.05) is 12.7 Å². The van der Waals surface area contributed by atoms with E-state index >= 15 is 0 Å². The second-order valence-corrected chi connectivity index (χ2v) is 4.54. The van der Waals surface area contributed by atoms with Crippen molar-refractivity contribution < 1.29 is 4.92 Å². The van der Waals surface area contributed by atoms with Crippen LogP contribution in [0.25, 0.3) is 0 Å². The zero-order valence-corrected chi connectivity index (χ0v) is 10.9. The average molecular weight is 266 g/mol. The number of nitrogens with one attached hydrogen (secondary N) is 1. The molecule has 0 fully saturated rings. The van der Waals surface area contributed by atoms with Gasteiger partial charge in [0.25, 0.3) is 0 Å². The second kappa shape index (κ2) is 7.50. The van der Waals surface area contributed by atoms with Gasteiger partial charge in [-0.3, -0.25) is 10.1 Å². The molecule has 0 aliphatic carbocycles. The number of pyridine rings is 1. The summed E-state index contributed by atoms with van der Waals surface area (Å²) >= 11 is 1.77. The summed E-state index contributed by atoms with van der Waals surface area (Å²) in [5.41, 5.74) is -0.216. The number of hydrogen-bond acceptors (Lipinski definition) is 6. The van der Waals surface area contributed by atoms with Gasteiger partial charge in [0.1, 0.15) is 11.6 Å². The van der Waals surface area contributed by atoms with Crippen LogP contribution in [0.5, 0.6) is 0 Å². The molecule has 0 atom stereocenters. The molecule has 0 unspecified atom stereocenters. The van der Waals surface area contributed by atoms with Crippen LogP contribution in [0.4, 0.5) is 11.5 Å². The Bertz CT molecular complexity index is 459. The van der Waals surface area contributed by atoms with Crippen LogP contribution in [0.2, 0.25) is 0 Å². The van der Waals surface area contributed by atoms with Crippen LogP contribution < -0.4 is 5.32 Å². The summed E-state index contributed by atoms with van der Waals surface area (Å²) in [5.74, 6) is 1.23. The number of nitrogens with zero attached hydrogens (tertiary/aromatic N) is 3. The van der Waals surface area contributed by atoms with Gasteiger partial charge in [-0.05, 0) is 30.9 Å². The third-order valence-electron chi connectivity index (χ3n) is 2.29. The molecule has 0 spiro atoms. The number of thioether (sulfide) groups is 1. The van der Waals surface area contributed by atoms with Gasteiger partial charge >= 0.3 is 5.69 Å². The van der Waals surface area contributed by atoms with Gasteiger partial charge in [-0.2, -0.15) is 17.0 Å². The standard InChI is InChI=1S/C11H14N4O2S/c1-18-7-3-2-5-13-11-10(15(16)17)9(8-12)4-6-14-11/h4,6H,2-3,5,7H2,1H3,(H,13,14). The fourth-order valence-corrected chi connectivity index (χ4v) is 1.93. The number of unbranched alkanes of at least 4 members (excludes halogenated alkanes) is 1. The lowest BCUT2D eigenvalue weighted by Crippen LogP contribution is -2.07. The van der Waals surface area contributed by atoms with E-state index in [0.29, 0.717) is 6.54 Å². The third-order valence-corrected chi connectivity index (χ3v) is 2.99. The molecule has 1 rings (SSSR count). The van der Waals surface area contributed by atoms with Crippen molar-refractivity contribution in [1.29, 1.82) is 5.26 Å². The van der Waals surface area contributed by atoms with Crippen molar-refractivity contribution in [2.24, 2.45) is 0 Å². The van der Waals surface area contributed by atoms with Crippen LogP contribution in [-0.4, -0.2) is 28.5 Å². The average Bonchev–Trinajstić information content (AvgIpc) is 2.37. The number of nitro groups is 1. The van der Waals surface area contributed by atoms with E-state index in [4.69, 9.17) is 5.26 Å². The van der Waals surface area contributed by atoms with Gasteiger partial charge < -0.3 is 5.32 Å². The fourth-order valence-electron chi connectivity index (χ4n) is 1.44. The Labute approximate surface area is 110 Å². The van der Waals surface area contributed by atoms with Crippen LogP contribution in [0.15, 0.2) is 12.3 Å². The Morgan fingerprint density at radius 3 is 3.00 bits per heavy atom. The van der Waals surface area contributed by atoms with Crippen LogP contribution in [0.3, 0.4) is 0 Å². The topological polar surface area (TPSA) is 91.8 Å². The van der Waals surface area contributed by atoms with E-state index in [9.17, 15) is 10.1 Å². The van der Waals surface area contributed by atoms with Crippen molar-refractivity contribution in [2.75, 3.05) is 23.9 Å². The normalized spacial score (nSPS) is 9.78. The highest BCUT2D eigenvalue weighted by Crippen LogP contribution is 2.25. The Hall–Kier alpha value is -1.81. The molecule has 0 aromatic carbocycles. The third kappa shape index (κ3) is 3.89. The predicted molar refractivity (Wildman–Crippen MR) is 71.7 cm³/mol. The molecule has 0 saturated heterocycles. The van der Waals surface area contributed by atoms with Crippen LogP contribution in [0, 0.1) is 21.4 Å². The summed E-state index contributed by atoms with van der Waals surface area (Å²) < 4.78 is 0. The van der Waals surface area contributed by atoms with E-state index in [1.807, 2.05) is 6.26 Å². The molecule has 0 bridgehead atoms. The molecule has 1 N–H and O–H groups in total. The quantitative estimate of drug-likeness (QED) is 0.463. The van der Waals surface area contributed by atoms with Crippen molar-refractivity contribution in [3.63, 3.8) is 0 Å². The minimum absolute atomic E-state index is 0.0293. The molecule has 0 aliphatic heterocycles. The van der Waals surface area contributed by atoms with E-state index in [2.05, 4.69) is 10.3 Å². The zero-order valence-electron chi connectivity index (χ0n) is 10.0. The fraction of sp³-hybridized carbons (Fsp3) is 0.455. The smallest absolute Gasteiger partial charge is 0.328 e. The van der Waals surface area contributed by atoms with E-state index in [1.165, 1.54) is 12.3 Å². The lowest BCUT2D eigenvalue weighted by molar-refractivity contribution is -0.384. The van der Waals surface area contributed by atoms with Crippen LogP contribution in [0.1, 0.15) is 18.4 Å². The molecular formula is C11H14N4O2S. The highest BCUT2D eigenvalue weighted by Gasteiger charge is 2.20. The first-order chi connectivity index (χ1) is 8.70. The summed E-state index contributed by atoms with van der Waals surface area (Å²) in [5, 5.41) is 22.6. The summed E-state index contributed by atoms with van der Waals surface area (Å²) in [6, 6.07) is 3.15. The Morgan fingerprint density at radius 2 is 2.39 bits per heavy atom. The van der Waals surface area contributed by atoms with E-state index in [-0.39, 0.29) is 17.1 Å². The molecule has 0 aliphatic rings. The van der Waals surface area contributed by atoms with Gasteiger partial charge in [0.2, 0.25) is 5.82 Å². The van der Waals surface area contributed by atoms with Crippen molar-refractivity contribution >= 4 is 23.3 Å². The molecule has 0 amide bonds. The maximum Gasteiger partial charge on any atom is 0.328 e. The number of aromatic nitrogens is 1. The molecule has 1 heterocycles. The maximum atomic E-state index is 10.9. The zero-order chi connectivity index (χ0) is 13.4. The maximum absolute atomic E-state index is 10.9. The summed E-state index contributed by atoms with van der Waals surface area (Å²) in [6.07, 6.45) is 5.39. The molecule has 96 valence electrons. The number of nitriles is 1. The predicted octanol–water partition coefficient (Wildman–Crippen LogP) is 2.42. The van der Waals surface area contributed by atoms with Crippen molar-refractivity contribution in [2.45, 2.75) is 12.8 Å². The van der Waals surface area contributed by atoms with Crippen LogP contribution in [-0.2, 0) is 0 Å². The molecule has 1 aromatic heterocycles. The van der Waals surface area contributed by atoms with Gasteiger partial charge in [0.05, 0.1) is 4.92 Å². The first-order valence-electron chi connectivity index (χ1n) is 5.47. The van der Waals surface area contributed by atoms with E-state index in [1.54, 1.807) is 17.8 Å². The number of anilines is 1. The second-order valence-electron chi connectivity index (χ2n) is 3.55. The minimum atomic E-state index is -0.574. The number of hydrogen-bond donors (Lipinski definition) is 1. The Kier molecular flexibility index (Phi) is 5.94. The summed E-state index contributed by atoms with van der Waals surface area (Å²) in [6.45, 7) is 0.614. The molecule has 1 aromatic rings. The van der Waals surface area contributed by atoms with Gasteiger partial charge in [-0.25, -0.2) is 4.98 Å². The Balaban J connectivity index is 2.71. The lowest BCUT2D eigenvalue weighted by atomic mass is 10.2. The van der Waals surface area contributed by atoms with Gasteiger partial charge in [0.15, 0.2) is 0 Å². The highest BCUT2D eigenvalue weighted by molar-refractivity contribution is 7.98. The molecule has 0 saturated carbocycles. The first kappa shape index (κ1) is 14.3. The molecule has 6 nitrogen and oxygen atoms in total. The van der Waals surface area contributed by atoms with E-state index in [0.717, 1.165) is 18.6 Å². The van der Waals surface area contributed by atoms with Gasteiger partial charge in [-0.1, -0.05) is 0 Å². The molecular weight excluding hydrogens is 252 g/mol. The van der Waals surface area contributed by atoms with Crippen molar-refractivity contribution in [3.05, 3.63) is 27.9 Å². The van der Waals surface area contributed by atoms with Crippen LogP contribution >= 0.6 is 11.8 Å². The lowest BCUT2D eigenvalue weighted by Gasteiger charge is -2.06. The summed E-state index contributed by atoms with van der Waals surface area (Å²) in [4.78, 5) is 14.3.